The number of carbonyl (C=O) groups excluding carboxylic acids is 2. The largest absolute Gasteiger partial charge is 0.321 e. The van der Waals surface area contributed by atoms with Crippen LogP contribution in [0.5, 0.6) is 0 Å². The Morgan fingerprint density at radius 3 is 2.11 bits per heavy atom. The molecule has 0 radical (unpaired) electrons. The number of para-hydroxylation sites is 2. The van der Waals surface area contributed by atoms with Gasteiger partial charge in [0.1, 0.15) is 5.82 Å². The van der Waals surface area contributed by atoms with E-state index in [1.807, 2.05) is 37.3 Å². The summed E-state index contributed by atoms with van der Waals surface area (Å²) in [5, 5.41) is 2.65. The summed E-state index contributed by atoms with van der Waals surface area (Å²) in [4.78, 5) is 27.1. The molecule has 0 aliphatic carbocycles. The molecule has 2 amide bonds. The molecule has 0 bridgehead atoms. The topological polar surface area (TPSA) is 49.4 Å². The molecular weight excluding hydrogens is 343 g/mol. The molecule has 0 atom stereocenters. The second-order valence-corrected chi connectivity index (χ2v) is 5.86. The Hall–Kier alpha value is -3.47. The summed E-state index contributed by atoms with van der Waals surface area (Å²) in [5.74, 6) is -1.46. The summed E-state index contributed by atoms with van der Waals surface area (Å²) >= 11 is 0. The minimum absolute atomic E-state index is 0.0739. The number of halogens is 1. The molecule has 0 unspecified atom stereocenters. The van der Waals surface area contributed by atoms with Crippen molar-refractivity contribution < 1.29 is 14.0 Å². The molecule has 5 heteroatoms. The molecule has 0 spiro atoms. The van der Waals surface area contributed by atoms with E-state index < -0.39 is 11.7 Å². The van der Waals surface area contributed by atoms with Crippen LogP contribution in [0, 0.1) is 5.82 Å². The highest BCUT2D eigenvalue weighted by Gasteiger charge is 2.20. The van der Waals surface area contributed by atoms with Gasteiger partial charge in [-0.1, -0.05) is 42.5 Å². The summed E-state index contributed by atoms with van der Waals surface area (Å²) in [6.45, 7) is 2.35. The van der Waals surface area contributed by atoms with Gasteiger partial charge in [0.15, 0.2) is 0 Å². The van der Waals surface area contributed by atoms with Crippen LogP contribution in [0.1, 0.15) is 27.6 Å². The second-order valence-electron chi connectivity index (χ2n) is 5.86. The molecule has 0 saturated heterocycles. The van der Waals surface area contributed by atoms with Gasteiger partial charge in [-0.2, -0.15) is 0 Å². The van der Waals surface area contributed by atoms with Gasteiger partial charge in [-0.25, -0.2) is 4.39 Å². The van der Waals surface area contributed by atoms with Crippen LogP contribution >= 0.6 is 0 Å². The van der Waals surface area contributed by atoms with E-state index in [0.29, 0.717) is 17.8 Å². The normalized spacial score (nSPS) is 10.3. The molecule has 0 aliphatic rings. The summed E-state index contributed by atoms with van der Waals surface area (Å²) in [6, 6.07) is 21.7. The zero-order chi connectivity index (χ0) is 19.2. The minimum atomic E-state index is -0.613. The molecule has 136 valence electrons. The smallest absolute Gasteiger partial charge is 0.260 e. The molecule has 0 fully saturated rings. The first-order valence-corrected chi connectivity index (χ1v) is 8.63. The van der Waals surface area contributed by atoms with E-state index >= 15 is 0 Å². The first-order chi connectivity index (χ1) is 13.1. The summed E-state index contributed by atoms with van der Waals surface area (Å²) < 4.78 is 13.9. The lowest BCUT2D eigenvalue weighted by Crippen LogP contribution is -2.31. The Morgan fingerprint density at radius 1 is 0.852 bits per heavy atom. The first kappa shape index (κ1) is 18.3. The highest BCUT2D eigenvalue weighted by atomic mass is 19.1. The average molecular weight is 362 g/mol. The minimum Gasteiger partial charge on any atom is -0.321 e. The zero-order valence-electron chi connectivity index (χ0n) is 14.9. The SMILES string of the molecule is CCN(C(=O)c1ccccc1NC(=O)c1ccccc1F)c1ccccc1. The monoisotopic (exact) mass is 362 g/mol. The van der Waals surface area contributed by atoms with E-state index in [9.17, 15) is 14.0 Å². The van der Waals surface area contributed by atoms with Crippen molar-refractivity contribution in [2.45, 2.75) is 6.92 Å². The number of benzene rings is 3. The van der Waals surface area contributed by atoms with Gasteiger partial charge < -0.3 is 10.2 Å². The van der Waals surface area contributed by atoms with Crippen LogP contribution in [-0.2, 0) is 0 Å². The highest BCUT2D eigenvalue weighted by Crippen LogP contribution is 2.22. The van der Waals surface area contributed by atoms with Crippen molar-refractivity contribution in [1.82, 2.24) is 0 Å². The Morgan fingerprint density at radius 2 is 1.44 bits per heavy atom. The first-order valence-electron chi connectivity index (χ1n) is 8.63. The van der Waals surface area contributed by atoms with Gasteiger partial charge in [-0.3, -0.25) is 9.59 Å². The van der Waals surface area contributed by atoms with Gasteiger partial charge in [0.05, 0.1) is 16.8 Å². The van der Waals surface area contributed by atoms with E-state index in [2.05, 4.69) is 5.32 Å². The number of amides is 2. The van der Waals surface area contributed by atoms with E-state index in [0.717, 1.165) is 5.69 Å². The third-order valence-electron chi connectivity index (χ3n) is 4.15. The predicted molar refractivity (Wildman–Crippen MR) is 105 cm³/mol. The molecule has 3 aromatic rings. The number of nitrogens with zero attached hydrogens (tertiary/aromatic N) is 1. The standard InChI is InChI=1S/C22H19FN2O2/c1-2-25(16-10-4-3-5-11-16)22(27)18-13-7-9-15-20(18)24-21(26)17-12-6-8-14-19(17)23/h3-15H,2H2,1H3,(H,24,26). The summed E-state index contributed by atoms with van der Waals surface area (Å²) in [7, 11) is 0. The number of rotatable bonds is 5. The lowest BCUT2D eigenvalue weighted by atomic mass is 10.1. The fourth-order valence-corrected chi connectivity index (χ4v) is 2.81. The Balaban J connectivity index is 1.91. The summed E-state index contributed by atoms with van der Waals surface area (Å²) in [5.41, 5.74) is 1.37. The van der Waals surface area contributed by atoms with Gasteiger partial charge >= 0.3 is 0 Å². The molecule has 0 aromatic heterocycles. The van der Waals surface area contributed by atoms with Gasteiger partial charge in [-0.15, -0.1) is 0 Å². The molecule has 0 heterocycles. The fraction of sp³-hybridized carbons (Fsp3) is 0.0909. The van der Waals surface area contributed by atoms with E-state index in [1.54, 1.807) is 35.2 Å². The maximum atomic E-state index is 13.9. The number of anilines is 2. The quantitative estimate of drug-likeness (QED) is 0.712. The number of carbonyl (C=O) groups is 2. The molecule has 1 N–H and O–H groups in total. The van der Waals surface area contributed by atoms with Crippen LogP contribution in [0.15, 0.2) is 78.9 Å². The van der Waals surface area contributed by atoms with Crippen LogP contribution in [0.25, 0.3) is 0 Å². The van der Waals surface area contributed by atoms with Crippen LogP contribution in [0.2, 0.25) is 0 Å². The van der Waals surface area contributed by atoms with Crippen LogP contribution in [0.4, 0.5) is 15.8 Å². The van der Waals surface area contributed by atoms with Gasteiger partial charge in [-0.05, 0) is 43.3 Å². The molecule has 27 heavy (non-hydrogen) atoms. The average Bonchev–Trinajstić information content (AvgIpc) is 2.70. The molecular formula is C22H19FN2O2. The van der Waals surface area contributed by atoms with E-state index in [4.69, 9.17) is 0 Å². The highest BCUT2D eigenvalue weighted by molar-refractivity contribution is 6.13. The van der Waals surface area contributed by atoms with Gasteiger partial charge in [0.25, 0.3) is 11.8 Å². The predicted octanol–water partition coefficient (Wildman–Crippen LogP) is 4.74. The number of nitrogens with one attached hydrogen (secondary N) is 1. The lowest BCUT2D eigenvalue weighted by Gasteiger charge is -2.22. The number of hydrogen-bond donors (Lipinski definition) is 1. The van der Waals surface area contributed by atoms with Crippen molar-refractivity contribution in [2.24, 2.45) is 0 Å². The van der Waals surface area contributed by atoms with Gasteiger partial charge in [0.2, 0.25) is 0 Å². The third-order valence-corrected chi connectivity index (χ3v) is 4.15. The van der Waals surface area contributed by atoms with Crippen LogP contribution in [-0.4, -0.2) is 18.4 Å². The van der Waals surface area contributed by atoms with Crippen molar-refractivity contribution in [3.63, 3.8) is 0 Å². The lowest BCUT2D eigenvalue weighted by molar-refractivity contribution is 0.0989. The van der Waals surface area contributed by atoms with Crippen molar-refractivity contribution >= 4 is 23.2 Å². The Labute approximate surface area is 157 Å². The van der Waals surface area contributed by atoms with Crippen molar-refractivity contribution in [2.75, 3.05) is 16.8 Å². The van der Waals surface area contributed by atoms with Crippen molar-refractivity contribution in [3.8, 4) is 0 Å². The maximum absolute atomic E-state index is 13.9. The Kier molecular flexibility index (Phi) is 5.61. The van der Waals surface area contributed by atoms with Crippen LogP contribution < -0.4 is 10.2 Å². The molecule has 3 rings (SSSR count). The van der Waals surface area contributed by atoms with E-state index in [1.165, 1.54) is 18.2 Å². The summed E-state index contributed by atoms with van der Waals surface area (Å²) in [6.07, 6.45) is 0. The van der Waals surface area contributed by atoms with Crippen molar-refractivity contribution in [3.05, 3.63) is 95.8 Å². The van der Waals surface area contributed by atoms with Gasteiger partial charge in [0, 0.05) is 12.2 Å². The van der Waals surface area contributed by atoms with E-state index in [-0.39, 0.29) is 11.5 Å². The molecule has 0 aliphatic heterocycles. The zero-order valence-corrected chi connectivity index (χ0v) is 14.9. The third kappa shape index (κ3) is 4.03. The van der Waals surface area contributed by atoms with Crippen molar-refractivity contribution in [1.29, 1.82) is 0 Å². The fourth-order valence-electron chi connectivity index (χ4n) is 2.81. The number of hydrogen-bond acceptors (Lipinski definition) is 2. The maximum Gasteiger partial charge on any atom is 0.260 e. The molecule has 0 saturated carbocycles. The van der Waals surface area contributed by atoms with Crippen LogP contribution in [0.3, 0.4) is 0 Å². The Bertz CT molecular complexity index is 957. The second kappa shape index (κ2) is 8.27. The molecule has 3 aromatic carbocycles. The molecule has 4 nitrogen and oxygen atoms in total.